The molecule has 1 heterocycles. The van der Waals surface area contributed by atoms with Crippen molar-refractivity contribution < 1.29 is 19.2 Å². The van der Waals surface area contributed by atoms with Gasteiger partial charge in [-0.15, -0.1) is 11.3 Å². The summed E-state index contributed by atoms with van der Waals surface area (Å²) in [5.41, 5.74) is -0.159. The van der Waals surface area contributed by atoms with Crippen LogP contribution in [0.3, 0.4) is 0 Å². The van der Waals surface area contributed by atoms with Crippen LogP contribution in [0.15, 0.2) is 35.7 Å². The van der Waals surface area contributed by atoms with E-state index >= 15 is 0 Å². The minimum atomic E-state index is -1.80. The number of hydrogen-bond donors (Lipinski definition) is 2. The van der Waals surface area contributed by atoms with Crippen LogP contribution < -0.4 is 10.2 Å². The van der Waals surface area contributed by atoms with Crippen LogP contribution in [0.5, 0.6) is 5.75 Å². The van der Waals surface area contributed by atoms with E-state index in [0.29, 0.717) is 12.4 Å². The van der Waals surface area contributed by atoms with Crippen molar-refractivity contribution in [3.05, 3.63) is 46.4 Å². The summed E-state index contributed by atoms with van der Waals surface area (Å²) in [6.45, 7) is 0.373. The van der Waals surface area contributed by atoms with E-state index in [0.717, 1.165) is 10.9 Å². The third-order valence-electron chi connectivity index (χ3n) is 2.21. The molecule has 6 heteroatoms. The average molecular weight is 252 g/mol. The molecule has 0 aliphatic carbocycles. The van der Waals surface area contributed by atoms with Gasteiger partial charge >= 0.3 is 7.12 Å². The van der Waals surface area contributed by atoms with E-state index in [-0.39, 0.29) is 5.46 Å². The van der Waals surface area contributed by atoms with E-state index in [9.17, 15) is 4.39 Å². The molecule has 0 radical (unpaired) electrons. The molecular weight excluding hydrogens is 242 g/mol. The summed E-state index contributed by atoms with van der Waals surface area (Å²) < 4.78 is 18.7. The molecule has 0 bridgehead atoms. The molecule has 0 amide bonds. The van der Waals surface area contributed by atoms with E-state index < -0.39 is 12.9 Å². The van der Waals surface area contributed by atoms with Gasteiger partial charge in [0, 0.05) is 16.4 Å². The lowest BCUT2D eigenvalue weighted by atomic mass is 9.80. The smallest absolute Gasteiger partial charge is 0.488 e. The third-order valence-corrected chi connectivity index (χ3v) is 3.06. The van der Waals surface area contributed by atoms with Crippen LogP contribution in [0, 0.1) is 5.82 Å². The topological polar surface area (TPSA) is 49.7 Å². The monoisotopic (exact) mass is 252 g/mol. The Morgan fingerprint density at radius 2 is 2.12 bits per heavy atom. The summed E-state index contributed by atoms with van der Waals surface area (Å²) in [4.78, 5) is 1.04. The first kappa shape index (κ1) is 12.1. The van der Waals surface area contributed by atoms with Crippen molar-refractivity contribution in [2.75, 3.05) is 0 Å². The number of thiophene rings is 1. The van der Waals surface area contributed by atoms with E-state index in [1.807, 2.05) is 17.5 Å². The summed E-state index contributed by atoms with van der Waals surface area (Å²) in [5, 5.41) is 19.6. The minimum absolute atomic E-state index is 0.159. The zero-order chi connectivity index (χ0) is 12.3. The fraction of sp³-hybridized carbons (Fsp3) is 0.0909. The Hall–Kier alpha value is -1.37. The zero-order valence-corrected chi connectivity index (χ0v) is 9.65. The van der Waals surface area contributed by atoms with Crippen molar-refractivity contribution in [2.24, 2.45) is 0 Å². The normalized spacial score (nSPS) is 10.3. The molecule has 1 aromatic heterocycles. The molecule has 2 aromatic rings. The van der Waals surface area contributed by atoms with Crippen LogP contribution >= 0.6 is 11.3 Å². The van der Waals surface area contributed by atoms with Crippen LogP contribution in [0.25, 0.3) is 0 Å². The third kappa shape index (κ3) is 3.06. The predicted octanol–water partition coefficient (Wildman–Crippen LogP) is 1.15. The molecular formula is C11H10BFO3S. The molecule has 0 aliphatic rings. The lowest BCUT2D eigenvalue weighted by molar-refractivity contribution is 0.308. The Bertz CT molecular complexity index is 487. The summed E-state index contributed by atoms with van der Waals surface area (Å²) in [6.07, 6.45) is 0. The molecule has 2 N–H and O–H groups in total. The largest absolute Gasteiger partial charge is 0.491 e. The SMILES string of the molecule is OB(O)c1ccc(OCc2cccs2)cc1F. The molecule has 0 saturated heterocycles. The van der Waals surface area contributed by atoms with Crippen LogP contribution in [0.4, 0.5) is 4.39 Å². The second-order valence-corrected chi connectivity index (χ2v) is 4.46. The van der Waals surface area contributed by atoms with Gasteiger partial charge in [0.25, 0.3) is 0 Å². The highest BCUT2D eigenvalue weighted by Crippen LogP contribution is 2.15. The number of benzene rings is 1. The standard InChI is InChI=1S/C11H10BFO3S/c13-11-6-8(3-4-10(11)12(14)15)16-7-9-2-1-5-17-9/h1-6,14-15H,7H2. The van der Waals surface area contributed by atoms with Gasteiger partial charge in [-0.3, -0.25) is 0 Å². The first-order valence-corrected chi connectivity index (χ1v) is 5.85. The molecule has 17 heavy (non-hydrogen) atoms. The van der Waals surface area contributed by atoms with E-state index in [1.54, 1.807) is 11.3 Å². The van der Waals surface area contributed by atoms with Gasteiger partial charge in [0.05, 0.1) is 0 Å². The fourth-order valence-electron chi connectivity index (χ4n) is 1.36. The number of ether oxygens (including phenoxy) is 1. The van der Waals surface area contributed by atoms with Gasteiger partial charge < -0.3 is 14.8 Å². The van der Waals surface area contributed by atoms with Crippen molar-refractivity contribution in [3.8, 4) is 5.75 Å². The molecule has 1 aromatic carbocycles. The molecule has 0 aliphatic heterocycles. The lowest BCUT2D eigenvalue weighted by Gasteiger charge is -2.07. The Morgan fingerprint density at radius 1 is 1.29 bits per heavy atom. The highest BCUT2D eigenvalue weighted by Gasteiger charge is 2.16. The van der Waals surface area contributed by atoms with Crippen LogP contribution in [0.2, 0.25) is 0 Å². The zero-order valence-electron chi connectivity index (χ0n) is 8.84. The molecule has 3 nitrogen and oxygen atoms in total. The van der Waals surface area contributed by atoms with Crippen molar-refractivity contribution in [1.29, 1.82) is 0 Å². The molecule has 0 spiro atoms. The Kier molecular flexibility index (Phi) is 3.78. The molecule has 0 unspecified atom stereocenters. The van der Waals surface area contributed by atoms with Crippen molar-refractivity contribution in [1.82, 2.24) is 0 Å². The van der Waals surface area contributed by atoms with Crippen LogP contribution in [-0.2, 0) is 6.61 Å². The first-order valence-electron chi connectivity index (χ1n) is 4.97. The molecule has 0 atom stereocenters. The fourth-order valence-corrected chi connectivity index (χ4v) is 1.97. The maximum absolute atomic E-state index is 13.4. The van der Waals surface area contributed by atoms with Crippen molar-refractivity contribution in [2.45, 2.75) is 6.61 Å². The van der Waals surface area contributed by atoms with Crippen LogP contribution in [0.1, 0.15) is 4.88 Å². The first-order chi connectivity index (χ1) is 8.16. The number of hydrogen-bond acceptors (Lipinski definition) is 4. The van der Waals surface area contributed by atoms with Crippen LogP contribution in [-0.4, -0.2) is 17.2 Å². The molecule has 88 valence electrons. The maximum atomic E-state index is 13.4. The number of halogens is 1. The average Bonchev–Trinajstić information content (AvgIpc) is 2.78. The van der Waals surface area contributed by atoms with Crippen molar-refractivity contribution >= 4 is 23.9 Å². The Labute approximate surface area is 102 Å². The highest BCUT2D eigenvalue weighted by molar-refractivity contribution is 7.09. The lowest BCUT2D eigenvalue weighted by Crippen LogP contribution is -2.32. The van der Waals surface area contributed by atoms with E-state index in [1.165, 1.54) is 12.1 Å². The Balaban J connectivity index is 2.05. The molecule has 0 saturated carbocycles. The quantitative estimate of drug-likeness (QED) is 0.802. The summed E-state index contributed by atoms with van der Waals surface area (Å²) in [6, 6.07) is 7.78. The summed E-state index contributed by atoms with van der Waals surface area (Å²) in [7, 11) is -1.80. The Morgan fingerprint density at radius 3 is 2.71 bits per heavy atom. The van der Waals surface area contributed by atoms with Gasteiger partial charge in [-0.1, -0.05) is 12.1 Å². The number of rotatable bonds is 4. The van der Waals surface area contributed by atoms with Gasteiger partial charge in [-0.2, -0.15) is 0 Å². The molecule has 2 rings (SSSR count). The predicted molar refractivity (Wildman–Crippen MR) is 64.9 cm³/mol. The van der Waals surface area contributed by atoms with E-state index in [2.05, 4.69) is 0 Å². The van der Waals surface area contributed by atoms with Gasteiger partial charge in [0.15, 0.2) is 0 Å². The van der Waals surface area contributed by atoms with Gasteiger partial charge in [-0.25, -0.2) is 4.39 Å². The maximum Gasteiger partial charge on any atom is 0.491 e. The summed E-state index contributed by atoms with van der Waals surface area (Å²) in [5.74, 6) is -0.330. The van der Waals surface area contributed by atoms with Gasteiger partial charge in [0.1, 0.15) is 18.2 Å². The summed E-state index contributed by atoms with van der Waals surface area (Å²) >= 11 is 1.56. The second kappa shape index (κ2) is 5.31. The second-order valence-electron chi connectivity index (χ2n) is 3.43. The van der Waals surface area contributed by atoms with E-state index in [4.69, 9.17) is 14.8 Å². The van der Waals surface area contributed by atoms with Gasteiger partial charge in [0.2, 0.25) is 0 Å². The highest BCUT2D eigenvalue weighted by atomic mass is 32.1. The van der Waals surface area contributed by atoms with Crippen molar-refractivity contribution in [3.63, 3.8) is 0 Å². The van der Waals surface area contributed by atoms with Gasteiger partial charge in [-0.05, 0) is 17.5 Å². The minimum Gasteiger partial charge on any atom is -0.488 e. The molecule has 0 fully saturated rings.